The van der Waals surface area contributed by atoms with E-state index in [1.54, 1.807) is 24.1 Å². The third kappa shape index (κ3) is 2.36. The highest BCUT2D eigenvalue weighted by Gasteiger charge is 2.04. The molecule has 1 aromatic carbocycles. The van der Waals surface area contributed by atoms with Gasteiger partial charge in [0.25, 0.3) is 0 Å². The molecule has 16 heavy (non-hydrogen) atoms. The highest BCUT2D eigenvalue weighted by molar-refractivity contribution is 5.39. The topological polar surface area (TPSA) is 29.9 Å². The lowest BCUT2D eigenvalue weighted by Crippen LogP contribution is -2.01. The largest absolute Gasteiger partial charge is 0.378 e. The fourth-order valence-corrected chi connectivity index (χ4v) is 1.39. The predicted octanol–water partition coefficient (Wildman–Crippen LogP) is 2.31. The van der Waals surface area contributed by atoms with Crippen LogP contribution in [0.15, 0.2) is 30.6 Å². The first kappa shape index (κ1) is 10.6. The van der Waals surface area contributed by atoms with E-state index in [2.05, 4.69) is 10.4 Å². The van der Waals surface area contributed by atoms with Crippen LogP contribution in [0.1, 0.15) is 5.56 Å². The van der Waals surface area contributed by atoms with Crippen LogP contribution in [0.5, 0.6) is 0 Å². The number of hydrogen-bond acceptors (Lipinski definition) is 2. The maximum absolute atomic E-state index is 13.3. The summed E-state index contributed by atoms with van der Waals surface area (Å²) in [7, 11) is 1.79. The summed E-state index contributed by atoms with van der Waals surface area (Å²) in [6, 6.07) is 3.40. The molecule has 0 aliphatic rings. The Morgan fingerprint density at radius 2 is 2.19 bits per heavy atom. The fourth-order valence-electron chi connectivity index (χ4n) is 1.39. The van der Waals surface area contributed by atoms with Gasteiger partial charge in [-0.1, -0.05) is 0 Å². The summed E-state index contributed by atoms with van der Waals surface area (Å²) < 4.78 is 27.7. The van der Waals surface area contributed by atoms with Gasteiger partial charge in [-0.3, -0.25) is 4.68 Å². The SMILES string of the molecule is Cn1cc(NCc2cc(F)ccc2F)cn1. The first-order valence-corrected chi connectivity index (χ1v) is 4.81. The molecule has 0 saturated heterocycles. The summed E-state index contributed by atoms with van der Waals surface area (Å²) in [5.41, 5.74) is 1.06. The van der Waals surface area contributed by atoms with Crippen LogP contribution in [0.2, 0.25) is 0 Å². The van der Waals surface area contributed by atoms with Crippen LogP contribution in [0.4, 0.5) is 14.5 Å². The molecular weight excluding hydrogens is 212 g/mol. The highest BCUT2D eigenvalue weighted by atomic mass is 19.1. The molecule has 0 amide bonds. The summed E-state index contributed by atoms with van der Waals surface area (Å²) in [5, 5.41) is 6.92. The van der Waals surface area contributed by atoms with Gasteiger partial charge in [-0.25, -0.2) is 8.78 Å². The zero-order chi connectivity index (χ0) is 11.5. The van der Waals surface area contributed by atoms with Gasteiger partial charge in [0, 0.05) is 25.4 Å². The van der Waals surface area contributed by atoms with Crippen LogP contribution >= 0.6 is 0 Å². The van der Waals surface area contributed by atoms with Gasteiger partial charge in [-0.2, -0.15) is 5.10 Å². The smallest absolute Gasteiger partial charge is 0.128 e. The lowest BCUT2D eigenvalue weighted by atomic mass is 10.2. The molecule has 0 bridgehead atoms. The third-order valence-electron chi connectivity index (χ3n) is 2.20. The molecule has 0 aliphatic carbocycles. The molecule has 0 spiro atoms. The van der Waals surface area contributed by atoms with Gasteiger partial charge < -0.3 is 5.32 Å². The van der Waals surface area contributed by atoms with Crippen LogP contribution < -0.4 is 5.32 Å². The second kappa shape index (κ2) is 4.30. The van der Waals surface area contributed by atoms with Gasteiger partial charge in [0.05, 0.1) is 11.9 Å². The molecule has 1 heterocycles. The monoisotopic (exact) mass is 223 g/mol. The Bertz CT molecular complexity index is 494. The van der Waals surface area contributed by atoms with Crippen LogP contribution in [-0.4, -0.2) is 9.78 Å². The van der Waals surface area contributed by atoms with Crippen molar-refractivity contribution in [3.8, 4) is 0 Å². The Kier molecular flexibility index (Phi) is 2.85. The lowest BCUT2D eigenvalue weighted by molar-refractivity contribution is 0.587. The third-order valence-corrected chi connectivity index (χ3v) is 2.20. The second-order valence-electron chi connectivity index (χ2n) is 3.49. The molecule has 0 fully saturated rings. The Balaban J connectivity index is 2.07. The Morgan fingerprint density at radius 3 is 2.88 bits per heavy atom. The quantitative estimate of drug-likeness (QED) is 0.865. The van der Waals surface area contributed by atoms with Crippen LogP contribution in [0, 0.1) is 11.6 Å². The number of aryl methyl sites for hydroxylation is 1. The number of hydrogen-bond donors (Lipinski definition) is 1. The summed E-state index contributed by atoms with van der Waals surface area (Å²) in [6.07, 6.45) is 3.38. The second-order valence-corrected chi connectivity index (χ2v) is 3.49. The van der Waals surface area contributed by atoms with Gasteiger partial charge >= 0.3 is 0 Å². The van der Waals surface area contributed by atoms with Crippen molar-refractivity contribution in [2.75, 3.05) is 5.32 Å². The molecule has 1 aromatic heterocycles. The summed E-state index contributed by atoms with van der Waals surface area (Å²) in [6.45, 7) is 0.231. The zero-order valence-corrected chi connectivity index (χ0v) is 8.74. The van der Waals surface area contributed by atoms with Gasteiger partial charge in [0.15, 0.2) is 0 Å². The molecule has 3 nitrogen and oxygen atoms in total. The summed E-state index contributed by atoms with van der Waals surface area (Å²) in [5.74, 6) is -0.859. The number of nitrogens with one attached hydrogen (secondary N) is 1. The normalized spacial score (nSPS) is 10.4. The molecular formula is C11H11F2N3. The van der Waals surface area contributed by atoms with E-state index in [1.165, 1.54) is 6.07 Å². The van der Waals surface area contributed by atoms with E-state index in [4.69, 9.17) is 0 Å². The van der Waals surface area contributed by atoms with E-state index in [0.717, 1.165) is 17.8 Å². The summed E-state index contributed by atoms with van der Waals surface area (Å²) >= 11 is 0. The van der Waals surface area contributed by atoms with Gasteiger partial charge in [0.1, 0.15) is 11.6 Å². The van der Waals surface area contributed by atoms with Crippen molar-refractivity contribution < 1.29 is 8.78 Å². The van der Waals surface area contributed by atoms with Crippen LogP contribution in [0.25, 0.3) is 0 Å². The molecule has 0 saturated carbocycles. The fraction of sp³-hybridized carbons (Fsp3) is 0.182. The predicted molar refractivity (Wildman–Crippen MR) is 56.9 cm³/mol. The number of aromatic nitrogens is 2. The van der Waals surface area contributed by atoms with Crippen LogP contribution in [0.3, 0.4) is 0 Å². The van der Waals surface area contributed by atoms with Gasteiger partial charge in [0.2, 0.25) is 0 Å². The molecule has 2 aromatic rings. The molecule has 2 rings (SSSR count). The number of benzene rings is 1. The molecule has 0 atom stereocenters. The van der Waals surface area contributed by atoms with Crippen molar-refractivity contribution in [1.29, 1.82) is 0 Å². The van der Waals surface area contributed by atoms with Crippen molar-refractivity contribution in [3.05, 3.63) is 47.8 Å². The molecule has 1 N–H and O–H groups in total. The van der Waals surface area contributed by atoms with E-state index in [0.29, 0.717) is 5.56 Å². The minimum absolute atomic E-state index is 0.231. The molecule has 0 radical (unpaired) electrons. The Morgan fingerprint density at radius 1 is 1.38 bits per heavy atom. The maximum atomic E-state index is 13.3. The highest BCUT2D eigenvalue weighted by Crippen LogP contribution is 2.12. The minimum atomic E-state index is -0.440. The van der Waals surface area contributed by atoms with E-state index >= 15 is 0 Å². The average Bonchev–Trinajstić information content (AvgIpc) is 2.66. The molecule has 0 unspecified atom stereocenters. The standard InChI is InChI=1S/C11H11F2N3/c1-16-7-10(6-15-16)14-5-8-4-9(12)2-3-11(8)13/h2-4,6-7,14H,5H2,1H3. The van der Waals surface area contributed by atoms with Gasteiger partial charge in [-0.15, -0.1) is 0 Å². The van der Waals surface area contributed by atoms with Crippen molar-refractivity contribution in [2.45, 2.75) is 6.54 Å². The van der Waals surface area contributed by atoms with E-state index in [9.17, 15) is 8.78 Å². The number of anilines is 1. The average molecular weight is 223 g/mol. The van der Waals surface area contributed by atoms with Crippen LogP contribution in [-0.2, 0) is 13.6 Å². The first-order chi connectivity index (χ1) is 7.65. The summed E-state index contributed by atoms with van der Waals surface area (Å²) in [4.78, 5) is 0. The van der Waals surface area contributed by atoms with E-state index < -0.39 is 11.6 Å². The molecule has 0 aliphatic heterocycles. The zero-order valence-electron chi connectivity index (χ0n) is 8.74. The molecule has 5 heteroatoms. The van der Waals surface area contributed by atoms with E-state index in [1.807, 2.05) is 0 Å². The van der Waals surface area contributed by atoms with Crippen molar-refractivity contribution >= 4 is 5.69 Å². The van der Waals surface area contributed by atoms with E-state index in [-0.39, 0.29) is 6.54 Å². The number of halogens is 2. The Labute approximate surface area is 91.7 Å². The first-order valence-electron chi connectivity index (χ1n) is 4.81. The lowest BCUT2D eigenvalue weighted by Gasteiger charge is -2.04. The number of rotatable bonds is 3. The van der Waals surface area contributed by atoms with Crippen molar-refractivity contribution in [1.82, 2.24) is 9.78 Å². The minimum Gasteiger partial charge on any atom is -0.378 e. The molecule has 84 valence electrons. The maximum Gasteiger partial charge on any atom is 0.128 e. The number of nitrogens with zero attached hydrogens (tertiary/aromatic N) is 2. The Hall–Kier alpha value is -1.91. The van der Waals surface area contributed by atoms with Crippen molar-refractivity contribution in [2.24, 2.45) is 7.05 Å². The van der Waals surface area contributed by atoms with Gasteiger partial charge in [-0.05, 0) is 18.2 Å². The van der Waals surface area contributed by atoms with Crippen molar-refractivity contribution in [3.63, 3.8) is 0 Å².